The Bertz CT molecular complexity index is 599. The fraction of sp³-hybridized carbons (Fsp3) is 0.333. The molecule has 4 heteroatoms. The number of likely N-dealkylation sites (N-methyl/N-ethyl adjacent to an activating group) is 1. The van der Waals surface area contributed by atoms with E-state index in [1.807, 2.05) is 18.2 Å². The topological polar surface area (TPSA) is 57.6 Å². The van der Waals surface area contributed by atoms with Crippen LogP contribution in [0.2, 0.25) is 0 Å². The van der Waals surface area contributed by atoms with Gasteiger partial charge in [-0.3, -0.25) is 4.79 Å². The van der Waals surface area contributed by atoms with Crippen molar-refractivity contribution in [2.45, 2.75) is 19.3 Å². The van der Waals surface area contributed by atoms with Gasteiger partial charge in [0.1, 0.15) is 0 Å². The van der Waals surface area contributed by atoms with Gasteiger partial charge in [-0.2, -0.15) is 0 Å². The standard InChI is InChI=1S/C15H15NO3/c1-16-13-5-4-10(6-11(13)7-14(16)17)12(8-15(18)19)9-2-3-9/h4-6,8-9H,2-3,7H2,1H3,(H,18,19)/b12-8+. The van der Waals surface area contributed by atoms with Crippen molar-refractivity contribution in [3.8, 4) is 0 Å². The van der Waals surface area contributed by atoms with Gasteiger partial charge in [-0.25, -0.2) is 4.79 Å². The van der Waals surface area contributed by atoms with Crippen molar-refractivity contribution < 1.29 is 14.7 Å². The molecule has 1 saturated carbocycles. The van der Waals surface area contributed by atoms with Crippen LogP contribution >= 0.6 is 0 Å². The highest BCUT2D eigenvalue weighted by Crippen LogP contribution is 2.43. The molecule has 1 heterocycles. The molecule has 98 valence electrons. The van der Waals surface area contributed by atoms with Crippen LogP contribution in [0.5, 0.6) is 0 Å². The summed E-state index contributed by atoms with van der Waals surface area (Å²) in [5, 5.41) is 8.96. The molecule has 0 unspecified atom stereocenters. The maximum atomic E-state index is 11.7. The highest BCUT2D eigenvalue weighted by atomic mass is 16.4. The van der Waals surface area contributed by atoms with Crippen LogP contribution < -0.4 is 4.90 Å². The van der Waals surface area contributed by atoms with Crippen molar-refractivity contribution in [1.82, 2.24) is 0 Å². The number of rotatable bonds is 3. The van der Waals surface area contributed by atoms with Crippen LogP contribution in [0, 0.1) is 5.92 Å². The number of anilines is 1. The van der Waals surface area contributed by atoms with Gasteiger partial charge in [0.15, 0.2) is 0 Å². The van der Waals surface area contributed by atoms with Crippen LogP contribution in [0.3, 0.4) is 0 Å². The average molecular weight is 257 g/mol. The predicted molar refractivity (Wildman–Crippen MR) is 71.9 cm³/mol. The molecule has 19 heavy (non-hydrogen) atoms. The van der Waals surface area contributed by atoms with Gasteiger partial charge in [-0.15, -0.1) is 0 Å². The summed E-state index contributed by atoms with van der Waals surface area (Å²) in [6.45, 7) is 0. The van der Waals surface area contributed by atoms with Crippen molar-refractivity contribution in [3.05, 3.63) is 35.4 Å². The monoisotopic (exact) mass is 257 g/mol. The van der Waals surface area contributed by atoms with Crippen molar-refractivity contribution in [1.29, 1.82) is 0 Å². The Labute approximate surface area is 111 Å². The normalized spacial score (nSPS) is 18.7. The summed E-state index contributed by atoms with van der Waals surface area (Å²) in [6.07, 6.45) is 3.81. The van der Waals surface area contributed by atoms with Gasteiger partial charge in [0.05, 0.1) is 6.42 Å². The first-order valence-corrected chi connectivity index (χ1v) is 6.40. The summed E-state index contributed by atoms with van der Waals surface area (Å²) in [7, 11) is 1.77. The van der Waals surface area contributed by atoms with E-state index in [9.17, 15) is 9.59 Å². The highest BCUT2D eigenvalue weighted by Gasteiger charge is 2.29. The molecule has 1 aromatic carbocycles. The summed E-state index contributed by atoms with van der Waals surface area (Å²) in [5.41, 5.74) is 3.74. The lowest BCUT2D eigenvalue weighted by Crippen LogP contribution is -2.20. The average Bonchev–Trinajstić information content (AvgIpc) is 3.15. The fourth-order valence-electron chi connectivity index (χ4n) is 2.61. The second-order valence-electron chi connectivity index (χ2n) is 5.19. The molecule has 3 rings (SSSR count). The van der Waals surface area contributed by atoms with Crippen molar-refractivity contribution in [3.63, 3.8) is 0 Å². The summed E-state index contributed by atoms with van der Waals surface area (Å²) in [6, 6.07) is 5.79. The second kappa shape index (κ2) is 4.23. The number of amides is 1. The Morgan fingerprint density at radius 2 is 2.16 bits per heavy atom. The third kappa shape index (κ3) is 2.14. The Morgan fingerprint density at radius 1 is 1.42 bits per heavy atom. The number of hydrogen-bond donors (Lipinski definition) is 1. The van der Waals surface area contributed by atoms with E-state index in [1.165, 1.54) is 6.08 Å². The van der Waals surface area contributed by atoms with Gasteiger partial charge in [0.25, 0.3) is 0 Å². The smallest absolute Gasteiger partial charge is 0.328 e. The number of allylic oxidation sites excluding steroid dienone is 1. The van der Waals surface area contributed by atoms with Crippen molar-refractivity contribution in [2.75, 3.05) is 11.9 Å². The number of carboxylic acids is 1. The lowest BCUT2D eigenvalue weighted by Gasteiger charge is -2.11. The lowest BCUT2D eigenvalue weighted by atomic mass is 9.98. The van der Waals surface area contributed by atoms with E-state index in [-0.39, 0.29) is 5.91 Å². The third-order valence-electron chi connectivity index (χ3n) is 3.79. The minimum absolute atomic E-state index is 0.0855. The number of benzene rings is 1. The van der Waals surface area contributed by atoms with E-state index in [0.29, 0.717) is 12.3 Å². The van der Waals surface area contributed by atoms with Crippen LogP contribution in [0.4, 0.5) is 5.69 Å². The SMILES string of the molecule is CN1C(=O)Cc2cc(/C(=C/C(=O)O)C3CC3)ccc21. The van der Waals surface area contributed by atoms with Gasteiger partial charge in [0, 0.05) is 18.8 Å². The molecule has 1 aromatic rings. The Morgan fingerprint density at radius 3 is 2.79 bits per heavy atom. The molecule has 0 aromatic heterocycles. The van der Waals surface area contributed by atoms with Crippen LogP contribution in [0.15, 0.2) is 24.3 Å². The van der Waals surface area contributed by atoms with Gasteiger partial charge >= 0.3 is 5.97 Å². The van der Waals surface area contributed by atoms with E-state index in [1.54, 1.807) is 11.9 Å². The number of fused-ring (bicyclic) bond motifs is 1. The molecule has 0 radical (unpaired) electrons. The molecule has 1 aliphatic heterocycles. The van der Waals surface area contributed by atoms with Crippen LogP contribution in [-0.4, -0.2) is 24.0 Å². The zero-order chi connectivity index (χ0) is 13.6. The summed E-state index contributed by atoms with van der Waals surface area (Å²) >= 11 is 0. The van der Waals surface area contributed by atoms with Gasteiger partial charge < -0.3 is 10.0 Å². The third-order valence-corrected chi connectivity index (χ3v) is 3.79. The molecule has 2 aliphatic rings. The molecule has 0 saturated heterocycles. The second-order valence-corrected chi connectivity index (χ2v) is 5.19. The number of aliphatic carboxylic acids is 1. The van der Waals surface area contributed by atoms with Gasteiger partial charge in [0.2, 0.25) is 5.91 Å². The van der Waals surface area contributed by atoms with Crippen LogP contribution in [0.1, 0.15) is 24.0 Å². The highest BCUT2D eigenvalue weighted by molar-refractivity contribution is 6.01. The molecule has 1 aliphatic carbocycles. The molecular weight excluding hydrogens is 242 g/mol. The van der Waals surface area contributed by atoms with Crippen LogP contribution in [-0.2, 0) is 16.0 Å². The summed E-state index contributed by atoms with van der Waals surface area (Å²) in [4.78, 5) is 24.2. The zero-order valence-electron chi connectivity index (χ0n) is 10.7. The Hall–Kier alpha value is -2.10. The molecule has 1 fully saturated rings. The molecular formula is C15H15NO3. The molecule has 0 bridgehead atoms. The fourth-order valence-corrected chi connectivity index (χ4v) is 2.61. The number of carboxylic acid groups (broad SMARTS) is 1. The minimum atomic E-state index is -0.907. The predicted octanol–water partition coefficient (Wildman–Crippen LogP) is 2.08. The molecule has 1 N–H and O–H groups in total. The molecule has 0 atom stereocenters. The van der Waals surface area contributed by atoms with Crippen molar-refractivity contribution >= 4 is 23.1 Å². The first-order chi connectivity index (χ1) is 9.06. The lowest BCUT2D eigenvalue weighted by molar-refractivity contribution is -0.131. The van der Waals surface area contributed by atoms with E-state index in [2.05, 4.69) is 0 Å². The largest absolute Gasteiger partial charge is 0.478 e. The summed E-state index contributed by atoms with van der Waals surface area (Å²) in [5.74, 6) is -0.457. The molecule has 0 spiro atoms. The number of carbonyl (C=O) groups is 2. The molecule has 1 amide bonds. The Kier molecular flexibility index (Phi) is 2.66. The number of carbonyl (C=O) groups excluding carboxylic acids is 1. The molecule has 4 nitrogen and oxygen atoms in total. The quantitative estimate of drug-likeness (QED) is 0.843. The Balaban J connectivity index is 2.00. The van der Waals surface area contributed by atoms with E-state index < -0.39 is 5.97 Å². The van der Waals surface area contributed by atoms with E-state index >= 15 is 0 Å². The first kappa shape index (κ1) is 12.0. The van der Waals surface area contributed by atoms with E-state index in [4.69, 9.17) is 5.11 Å². The van der Waals surface area contributed by atoms with E-state index in [0.717, 1.165) is 35.2 Å². The van der Waals surface area contributed by atoms with Crippen molar-refractivity contribution in [2.24, 2.45) is 5.92 Å². The maximum Gasteiger partial charge on any atom is 0.328 e. The number of hydrogen-bond acceptors (Lipinski definition) is 2. The van der Waals surface area contributed by atoms with Crippen LogP contribution in [0.25, 0.3) is 5.57 Å². The maximum absolute atomic E-state index is 11.7. The summed E-state index contributed by atoms with van der Waals surface area (Å²) < 4.78 is 0. The van der Waals surface area contributed by atoms with Gasteiger partial charge in [-0.1, -0.05) is 6.07 Å². The zero-order valence-corrected chi connectivity index (χ0v) is 10.7. The first-order valence-electron chi connectivity index (χ1n) is 6.40. The van der Waals surface area contributed by atoms with Gasteiger partial charge in [-0.05, 0) is 47.6 Å². The number of nitrogens with zero attached hydrogens (tertiary/aromatic N) is 1. The minimum Gasteiger partial charge on any atom is -0.478 e.